The molecule has 0 radical (unpaired) electrons. The SMILES string of the molecule is Cc1cc(COC(=O)N2CCCn3nc(C(=O)O)cc3C2)ccc1F. The summed E-state index contributed by atoms with van der Waals surface area (Å²) in [6.45, 7) is 2.98. The number of aromatic nitrogens is 2. The van der Waals surface area contributed by atoms with Gasteiger partial charge in [0.05, 0.1) is 12.2 Å². The number of carboxylic acids is 1. The molecule has 0 bridgehead atoms. The zero-order valence-corrected chi connectivity index (χ0v) is 13.7. The Hall–Kier alpha value is -2.90. The van der Waals surface area contributed by atoms with E-state index in [0.29, 0.717) is 36.3 Å². The molecule has 1 aromatic carbocycles. The van der Waals surface area contributed by atoms with Gasteiger partial charge in [-0.1, -0.05) is 6.07 Å². The van der Waals surface area contributed by atoms with Gasteiger partial charge in [-0.05, 0) is 42.7 Å². The number of aryl methyl sites for hydroxylation is 2. The molecule has 3 rings (SSSR count). The second-order valence-corrected chi connectivity index (χ2v) is 5.96. The lowest BCUT2D eigenvalue weighted by molar-refractivity contribution is 0.0689. The number of benzene rings is 1. The number of ether oxygens (including phenoxy) is 1. The maximum atomic E-state index is 13.3. The quantitative estimate of drug-likeness (QED) is 0.922. The summed E-state index contributed by atoms with van der Waals surface area (Å²) < 4.78 is 20.2. The summed E-state index contributed by atoms with van der Waals surface area (Å²) in [6.07, 6.45) is 0.159. The molecule has 1 amide bonds. The van der Waals surface area contributed by atoms with E-state index in [9.17, 15) is 14.0 Å². The van der Waals surface area contributed by atoms with Crippen LogP contribution in [0.4, 0.5) is 9.18 Å². The van der Waals surface area contributed by atoms with Crippen LogP contribution >= 0.6 is 0 Å². The monoisotopic (exact) mass is 347 g/mol. The molecule has 0 saturated carbocycles. The van der Waals surface area contributed by atoms with E-state index in [4.69, 9.17) is 9.84 Å². The summed E-state index contributed by atoms with van der Waals surface area (Å²) in [7, 11) is 0. The van der Waals surface area contributed by atoms with Gasteiger partial charge in [-0.25, -0.2) is 14.0 Å². The third-order valence-corrected chi connectivity index (χ3v) is 4.08. The molecular weight excluding hydrogens is 329 g/mol. The number of carboxylic acid groups (broad SMARTS) is 1. The van der Waals surface area contributed by atoms with Crippen molar-refractivity contribution >= 4 is 12.1 Å². The minimum Gasteiger partial charge on any atom is -0.476 e. The Morgan fingerprint density at radius 1 is 1.32 bits per heavy atom. The molecule has 0 unspecified atom stereocenters. The zero-order chi connectivity index (χ0) is 18.0. The van der Waals surface area contributed by atoms with Crippen LogP contribution in [0.5, 0.6) is 0 Å². The number of carbonyl (C=O) groups excluding carboxylic acids is 1. The van der Waals surface area contributed by atoms with Crippen molar-refractivity contribution in [3.05, 3.63) is 52.6 Å². The molecule has 1 N–H and O–H groups in total. The largest absolute Gasteiger partial charge is 0.476 e. The molecule has 25 heavy (non-hydrogen) atoms. The molecule has 1 aliphatic heterocycles. The molecule has 1 aromatic heterocycles. The van der Waals surface area contributed by atoms with Crippen LogP contribution in [0, 0.1) is 12.7 Å². The van der Waals surface area contributed by atoms with Crippen LogP contribution < -0.4 is 0 Å². The molecule has 0 aliphatic carbocycles. The fraction of sp³-hybridized carbons (Fsp3) is 0.353. The highest BCUT2D eigenvalue weighted by atomic mass is 19.1. The molecule has 0 saturated heterocycles. The fourth-order valence-corrected chi connectivity index (χ4v) is 2.76. The van der Waals surface area contributed by atoms with Crippen molar-refractivity contribution in [2.75, 3.05) is 6.54 Å². The second kappa shape index (κ2) is 6.92. The van der Waals surface area contributed by atoms with Crippen molar-refractivity contribution in [2.24, 2.45) is 0 Å². The highest BCUT2D eigenvalue weighted by Crippen LogP contribution is 2.16. The summed E-state index contributed by atoms with van der Waals surface area (Å²) in [5.74, 6) is -1.40. The smallest absolute Gasteiger partial charge is 0.410 e. The van der Waals surface area contributed by atoms with E-state index in [1.807, 2.05) is 0 Å². The van der Waals surface area contributed by atoms with Crippen LogP contribution in [0.2, 0.25) is 0 Å². The van der Waals surface area contributed by atoms with Gasteiger partial charge in [0.15, 0.2) is 5.69 Å². The van der Waals surface area contributed by atoms with E-state index in [2.05, 4.69) is 5.10 Å². The van der Waals surface area contributed by atoms with E-state index in [1.165, 1.54) is 17.0 Å². The summed E-state index contributed by atoms with van der Waals surface area (Å²) in [5.41, 5.74) is 1.82. The normalized spacial score (nSPS) is 13.9. The predicted molar refractivity (Wildman–Crippen MR) is 85.5 cm³/mol. The topological polar surface area (TPSA) is 84.7 Å². The number of rotatable bonds is 3. The lowest BCUT2D eigenvalue weighted by Gasteiger charge is -2.19. The Kier molecular flexibility index (Phi) is 4.69. The minimum absolute atomic E-state index is 0.0352. The molecule has 2 aromatic rings. The van der Waals surface area contributed by atoms with Crippen LogP contribution in [0.3, 0.4) is 0 Å². The molecule has 0 atom stereocenters. The summed E-state index contributed by atoms with van der Waals surface area (Å²) >= 11 is 0. The van der Waals surface area contributed by atoms with Crippen molar-refractivity contribution in [3.63, 3.8) is 0 Å². The number of hydrogen-bond donors (Lipinski definition) is 1. The zero-order valence-electron chi connectivity index (χ0n) is 13.7. The van der Waals surface area contributed by atoms with Gasteiger partial charge in [-0.2, -0.15) is 5.10 Å². The van der Waals surface area contributed by atoms with E-state index < -0.39 is 12.1 Å². The number of aromatic carboxylic acids is 1. The Morgan fingerprint density at radius 3 is 2.84 bits per heavy atom. The number of nitrogens with zero attached hydrogens (tertiary/aromatic N) is 3. The first kappa shape index (κ1) is 16.9. The lowest BCUT2D eigenvalue weighted by atomic mass is 10.1. The van der Waals surface area contributed by atoms with Gasteiger partial charge < -0.3 is 14.7 Å². The summed E-state index contributed by atoms with van der Waals surface area (Å²) in [4.78, 5) is 24.8. The van der Waals surface area contributed by atoms with Crippen LogP contribution in [0.15, 0.2) is 24.3 Å². The number of carbonyl (C=O) groups is 2. The highest BCUT2D eigenvalue weighted by molar-refractivity contribution is 5.85. The molecule has 7 nitrogen and oxygen atoms in total. The molecular formula is C17H18FN3O4. The standard InChI is InChI=1S/C17H18FN3O4/c1-11-7-12(3-4-14(11)18)10-25-17(24)20-5-2-6-21-13(9-20)8-15(19-21)16(22)23/h3-4,7-8H,2,5-6,9-10H2,1H3,(H,22,23). The van der Waals surface area contributed by atoms with Crippen molar-refractivity contribution in [1.82, 2.24) is 14.7 Å². The molecule has 0 spiro atoms. The average Bonchev–Trinajstić information content (AvgIpc) is 2.88. The first-order valence-electron chi connectivity index (χ1n) is 7.91. The van der Waals surface area contributed by atoms with E-state index in [0.717, 1.165) is 0 Å². The van der Waals surface area contributed by atoms with Gasteiger partial charge in [0.2, 0.25) is 0 Å². The summed E-state index contributed by atoms with van der Waals surface area (Å²) in [6, 6.07) is 6.03. The Morgan fingerprint density at radius 2 is 2.12 bits per heavy atom. The Balaban J connectivity index is 1.65. The van der Waals surface area contributed by atoms with Gasteiger partial charge in [0.1, 0.15) is 12.4 Å². The van der Waals surface area contributed by atoms with Crippen LogP contribution in [-0.2, 0) is 24.4 Å². The van der Waals surface area contributed by atoms with Gasteiger partial charge >= 0.3 is 12.1 Å². The highest BCUT2D eigenvalue weighted by Gasteiger charge is 2.23. The number of halogens is 1. The van der Waals surface area contributed by atoms with Crippen molar-refractivity contribution in [1.29, 1.82) is 0 Å². The first-order chi connectivity index (χ1) is 11.9. The van der Waals surface area contributed by atoms with Gasteiger partial charge in [0.25, 0.3) is 0 Å². The maximum absolute atomic E-state index is 13.3. The number of fused-ring (bicyclic) bond motifs is 1. The van der Waals surface area contributed by atoms with Gasteiger partial charge in [0, 0.05) is 13.1 Å². The average molecular weight is 347 g/mol. The van der Waals surface area contributed by atoms with Crippen LogP contribution in [0.25, 0.3) is 0 Å². The van der Waals surface area contributed by atoms with Crippen molar-refractivity contribution in [2.45, 2.75) is 33.0 Å². The Labute approximate surface area is 143 Å². The molecule has 132 valence electrons. The first-order valence-corrected chi connectivity index (χ1v) is 7.91. The summed E-state index contributed by atoms with van der Waals surface area (Å²) in [5, 5.41) is 13.0. The minimum atomic E-state index is -1.10. The number of hydrogen-bond acceptors (Lipinski definition) is 4. The van der Waals surface area contributed by atoms with E-state index in [1.54, 1.807) is 23.7 Å². The van der Waals surface area contributed by atoms with Crippen molar-refractivity contribution in [3.8, 4) is 0 Å². The van der Waals surface area contributed by atoms with Crippen LogP contribution in [0.1, 0.15) is 33.7 Å². The third kappa shape index (κ3) is 3.78. The Bertz CT molecular complexity index is 818. The molecule has 1 aliphatic rings. The fourth-order valence-electron chi connectivity index (χ4n) is 2.76. The van der Waals surface area contributed by atoms with Gasteiger partial charge in [-0.3, -0.25) is 4.68 Å². The van der Waals surface area contributed by atoms with Crippen LogP contribution in [-0.4, -0.2) is 38.4 Å². The van der Waals surface area contributed by atoms with Crippen molar-refractivity contribution < 1.29 is 23.8 Å². The maximum Gasteiger partial charge on any atom is 0.410 e. The molecule has 0 fully saturated rings. The molecule has 2 heterocycles. The predicted octanol–water partition coefficient (Wildman–Crippen LogP) is 2.57. The second-order valence-electron chi connectivity index (χ2n) is 5.96. The van der Waals surface area contributed by atoms with Gasteiger partial charge in [-0.15, -0.1) is 0 Å². The van der Waals surface area contributed by atoms with E-state index in [-0.39, 0.29) is 24.7 Å². The number of amides is 1. The third-order valence-electron chi connectivity index (χ3n) is 4.08. The molecule has 8 heteroatoms. The van der Waals surface area contributed by atoms with E-state index >= 15 is 0 Å². The lowest BCUT2D eigenvalue weighted by Crippen LogP contribution is -2.31.